The Bertz CT molecular complexity index is 1190. The molecule has 2 aliphatic rings. The van der Waals surface area contributed by atoms with Crippen LogP contribution in [0.2, 0.25) is 0 Å². The van der Waals surface area contributed by atoms with Gasteiger partial charge in [-0.05, 0) is 35.9 Å². The van der Waals surface area contributed by atoms with Crippen molar-refractivity contribution >= 4 is 17.8 Å². The van der Waals surface area contributed by atoms with Crippen molar-refractivity contribution in [3.05, 3.63) is 89.0 Å². The highest BCUT2D eigenvalue weighted by molar-refractivity contribution is 6.21. The third-order valence-electron chi connectivity index (χ3n) is 4.94. The zero-order valence-electron chi connectivity index (χ0n) is 15.7. The predicted octanol–water partition coefficient (Wildman–Crippen LogP) is 3.43. The molecule has 0 fully saturated rings. The fraction of sp³-hybridized carbons (Fsp3) is 0.0870. The number of nitrogens with zero attached hydrogens (tertiary/aromatic N) is 1. The first-order valence-corrected chi connectivity index (χ1v) is 9.26. The molecule has 5 rings (SSSR count). The molecule has 0 atom stereocenters. The number of fused-ring (bicyclic) bond motifs is 2. The van der Waals surface area contributed by atoms with Crippen LogP contribution >= 0.6 is 0 Å². The molecule has 7 nitrogen and oxygen atoms in total. The maximum atomic E-state index is 12.8. The molecule has 0 aromatic heterocycles. The molecule has 30 heavy (non-hydrogen) atoms. The highest BCUT2D eigenvalue weighted by Gasteiger charge is 2.36. The number of amides is 2. The van der Waals surface area contributed by atoms with Gasteiger partial charge >= 0.3 is 5.97 Å². The van der Waals surface area contributed by atoms with Gasteiger partial charge in [-0.25, -0.2) is 4.79 Å². The topological polar surface area (TPSA) is 82.1 Å². The summed E-state index contributed by atoms with van der Waals surface area (Å²) >= 11 is 0. The van der Waals surface area contributed by atoms with Gasteiger partial charge in [0.2, 0.25) is 6.79 Å². The molecule has 3 aromatic carbocycles. The third-order valence-corrected chi connectivity index (χ3v) is 4.94. The number of carbonyl (C=O) groups excluding carboxylic acids is 3. The van der Waals surface area contributed by atoms with Gasteiger partial charge in [-0.2, -0.15) is 0 Å². The molecule has 0 saturated carbocycles. The molecular formula is C23H15NO6. The smallest absolute Gasteiger partial charge is 0.343 e. The summed E-state index contributed by atoms with van der Waals surface area (Å²) in [5, 5.41) is 0. The number of carbonyl (C=O) groups is 3. The second-order valence-electron chi connectivity index (χ2n) is 6.85. The van der Waals surface area contributed by atoms with Gasteiger partial charge in [0.25, 0.3) is 11.8 Å². The van der Waals surface area contributed by atoms with Crippen LogP contribution in [0.1, 0.15) is 36.6 Å². The van der Waals surface area contributed by atoms with Crippen molar-refractivity contribution in [3.8, 4) is 17.2 Å². The lowest BCUT2D eigenvalue weighted by Crippen LogP contribution is -2.29. The van der Waals surface area contributed by atoms with E-state index in [4.69, 9.17) is 14.2 Å². The van der Waals surface area contributed by atoms with Crippen LogP contribution in [0.3, 0.4) is 0 Å². The highest BCUT2D eigenvalue weighted by Crippen LogP contribution is 2.35. The summed E-state index contributed by atoms with van der Waals surface area (Å²) < 4.78 is 15.9. The lowest BCUT2D eigenvalue weighted by atomic mass is 10.1. The number of ether oxygens (including phenoxy) is 3. The van der Waals surface area contributed by atoms with Crippen LogP contribution in [0.4, 0.5) is 0 Å². The van der Waals surface area contributed by atoms with Crippen molar-refractivity contribution in [1.29, 1.82) is 0 Å². The van der Waals surface area contributed by atoms with Crippen LogP contribution in [0.15, 0.2) is 66.7 Å². The van der Waals surface area contributed by atoms with E-state index in [1.165, 1.54) is 23.1 Å². The first-order valence-electron chi connectivity index (χ1n) is 9.26. The van der Waals surface area contributed by atoms with E-state index in [0.29, 0.717) is 11.5 Å². The summed E-state index contributed by atoms with van der Waals surface area (Å²) in [6.45, 7) is 0.289. The van der Waals surface area contributed by atoms with Crippen LogP contribution < -0.4 is 14.2 Å². The van der Waals surface area contributed by atoms with Crippen LogP contribution in [-0.4, -0.2) is 29.5 Å². The second-order valence-corrected chi connectivity index (χ2v) is 6.85. The average Bonchev–Trinajstić information content (AvgIpc) is 3.32. The Labute approximate surface area is 171 Å². The van der Waals surface area contributed by atoms with E-state index in [1.54, 1.807) is 18.2 Å². The largest absolute Gasteiger partial charge is 0.454 e. The van der Waals surface area contributed by atoms with Crippen molar-refractivity contribution < 1.29 is 28.6 Å². The number of hydrogen-bond donors (Lipinski definition) is 0. The van der Waals surface area contributed by atoms with E-state index >= 15 is 0 Å². The fourth-order valence-corrected chi connectivity index (χ4v) is 3.43. The first-order chi connectivity index (χ1) is 14.6. The van der Waals surface area contributed by atoms with Gasteiger partial charge in [-0.1, -0.05) is 30.3 Å². The maximum Gasteiger partial charge on any atom is 0.343 e. The summed E-state index contributed by atoms with van der Waals surface area (Å²) in [6.07, 6.45) is 0. The summed E-state index contributed by atoms with van der Waals surface area (Å²) in [5.41, 5.74) is 1.48. The van der Waals surface area contributed by atoms with Crippen LogP contribution in [0, 0.1) is 0 Å². The van der Waals surface area contributed by atoms with Crippen molar-refractivity contribution in [2.24, 2.45) is 0 Å². The average molecular weight is 401 g/mol. The Hall–Kier alpha value is -4.13. The standard InChI is InChI=1S/C23H15NO6/c25-21-17-8-6-15(23(27)30-16-7-9-19-20(11-16)29-13-28-19)10-18(17)22(26)24(21)12-14-4-2-1-3-5-14/h1-11H,12-13H2. The Morgan fingerprint density at radius 3 is 2.47 bits per heavy atom. The molecule has 0 aliphatic carbocycles. The molecule has 0 N–H and O–H groups in total. The predicted molar refractivity (Wildman–Crippen MR) is 105 cm³/mol. The quantitative estimate of drug-likeness (QED) is 0.378. The van der Waals surface area contributed by atoms with E-state index < -0.39 is 11.9 Å². The molecular weight excluding hydrogens is 386 g/mol. The Balaban J connectivity index is 1.37. The molecule has 0 unspecified atom stereocenters. The van der Waals surface area contributed by atoms with Crippen molar-refractivity contribution in [2.45, 2.75) is 6.54 Å². The fourth-order valence-electron chi connectivity index (χ4n) is 3.43. The lowest BCUT2D eigenvalue weighted by molar-refractivity contribution is 0.0641. The summed E-state index contributed by atoms with van der Waals surface area (Å²) in [6, 6.07) is 18.4. The number of esters is 1. The zero-order chi connectivity index (χ0) is 20.7. The number of hydrogen-bond acceptors (Lipinski definition) is 6. The molecule has 148 valence electrons. The second kappa shape index (κ2) is 7.04. The number of imide groups is 1. The van der Waals surface area contributed by atoms with Crippen molar-refractivity contribution in [1.82, 2.24) is 4.90 Å². The first kappa shape index (κ1) is 17.9. The molecule has 0 spiro atoms. The van der Waals surface area contributed by atoms with Crippen LogP contribution in [0.5, 0.6) is 17.2 Å². The molecule has 2 heterocycles. The minimum absolute atomic E-state index is 0.118. The van der Waals surface area contributed by atoms with Crippen LogP contribution in [0.25, 0.3) is 0 Å². The van der Waals surface area contributed by atoms with E-state index in [9.17, 15) is 14.4 Å². The minimum Gasteiger partial charge on any atom is -0.454 e. The Kier molecular flexibility index (Phi) is 4.21. The van der Waals surface area contributed by atoms with Gasteiger partial charge < -0.3 is 14.2 Å². The summed E-state index contributed by atoms with van der Waals surface area (Å²) in [5.74, 6) is -0.0936. The Morgan fingerprint density at radius 2 is 1.63 bits per heavy atom. The van der Waals surface area contributed by atoms with Crippen molar-refractivity contribution in [3.63, 3.8) is 0 Å². The van der Waals surface area contributed by atoms with E-state index in [2.05, 4.69) is 0 Å². The highest BCUT2D eigenvalue weighted by atomic mass is 16.7. The molecule has 0 saturated heterocycles. The van der Waals surface area contributed by atoms with E-state index in [-0.39, 0.29) is 41.7 Å². The lowest BCUT2D eigenvalue weighted by Gasteiger charge is -2.13. The van der Waals surface area contributed by atoms with Crippen LogP contribution in [-0.2, 0) is 6.54 Å². The van der Waals surface area contributed by atoms with Gasteiger partial charge in [0.15, 0.2) is 11.5 Å². The number of benzene rings is 3. The third kappa shape index (κ3) is 3.06. The normalized spacial score (nSPS) is 14.1. The summed E-state index contributed by atoms with van der Waals surface area (Å²) in [7, 11) is 0. The molecule has 7 heteroatoms. The van der Waals surface area contributed by atoms with Crippen molar-refractivity contribution in [2.75, 3.05) is 6.79 Å². The van der Waals surface area contributed by atoms with Gasteiger partial charge in [-0.3, -0.25) is 14.5 Å². The monoisotopic (exact) mass is 401 g/mol. The Morgan fingerprint density at radius 1 is 0.867 bits per heavy atom. The van der Waals surface area contributed by atoms with Gasteiger partial charge in [-0.15, -0.1) is 0 Å². The molecule has 3 aromatic rings. The van der Waals surface area contributed by atoms with Gasteiger partial charge in [0, 0.05) is 6.07 Å². The molecule has 0 radical (unpaired) electrons. The molecule has 2 amide bonds. The maximum absolute atomic E-state index is 12.8. The SMILES string of the molecule is O=C(Oc1ccc2c(c1)OCO2)c1ccc2c(c1)C(=O)N(Cc1ccccc1)C2=O. The van der Waals surface area contributed by atoms with E-state index in [1.807, 2.05) is 30.3 Å². The molecule has 2 aliphatic heterocycles. The molecule has 0 bridgehead atoms. The minimum atomic E-state index is -0.640. The van der Waals surface area contributed by atoms with Gasteiger partial charge in [0.05, 0.1) is 23.2 Å². The van der Waals surface area contributed by atoms with Gasteiger partial charge in [0.1, 0.15) is 5.75 Å². The summed E-state index contributed by atoms with van der Waals surface area (Å²) in [4.78, 5) is 39.2. The zero-order valence-corrected chi connectivity index (χ0v) is 15.7. The van der Waals surface area contributed by atoms with E-state index in [0.717, 1.165) is 5.56 Å². The number of rotatable bonds is 4.